The molecule has 6 heterocycles. The van der Waals surface area contributed by atoms with Crippen LogP contribution in [0.4, 0.5) is 9.18 Å². The first kappa shape index (κ1) is 51.1. The van der Waals surface area contributed by atoms with Crippen LogP contribution < -0.4 is 10.7 Å². The van der Waals surface area contributed by atoms with Crippen molar-refractivity contribution in [2.75, 3.05) is 47.1 Å². The summed E-state index contributed by atoms with van der Waals surface area (Å²) in [5, 5.41) is 8.06. The summed E-state index contributed by atoms with van der Waals surface area (Å²) in [6.07, 6.45) is 7.71. The van der Waals surface area contributed by atoms with Crippen molar-refractivity contribution in [3.8, 4) is 22.5 Å². The van der Waals surface area contributed by atoms with E-state index in [2.05, 4.69) is 66.9 Å². The number of ether oxygens (including phenoxy) is 3. The molecule has 0 spiro atoms. The summed E-state index contributed by atoms with van der Waals surface area (Å²) < 4.78 is 33.7. The van der Waals surface area contributed by atoms with Crippen molar-refractivity contribution in [3.63, 3.8) is 0 Å². The maximum absolute atomic E-state index is 14.7. The van der Waals surface area contributed by atoms with Crippen molar-refractivity contribution in [3.05, 3.63) is 94.4 Å². The Morgan fingerprint density at radius 2 is 1.97 bits per heavy atom. The number of nitrogens with one attached hydrogen (secondary N) is 2. The van der Waals surface area contributed by atoms with Gasteiger partial charge in [0.05, 0.1) is 54.1 Å². The summed E-state index contributed by atoms with van der Waals surface area (Å²) in [6, 6.07) is 6.50. The van der Waals surface area contributed by atoms with Gasteiger partial charge in [-0.05, 0) is 87.4 Å². The molecular weight excluding hydrogens is 900 g/mol. The van der Waals surface area contributed by atoms with Crippen molar-refractivity contribution in [2.24, 2.45) is 11.3 Å². The SMILES string of the molecule is C=C(F)/C=C\C(=C/C)[C@H]1COCCN1C(=O)N(C)[C@H](C(=O)N[C@H]1Cc2nc(cs2)-c2ccc3c(c2)c(c(-c2cccnc2[C@H](C)OC)n3CC)CC(C)(C)COC(=O)[C@@H]2CCCN(N2)C1=O)C(C)C.[HH].[HH]. The van der Waals surface area contributed by atoms with E-state index in [1.807, 2.05) is 32.2 Å². The van der Waals surface area contributed by atoms with Gasteiger partial charge in [0.2, 0.25) is 5.91 Å². The van der Waals surface area contributed by atoms with Gasteiger partial charge in [0.1, 0.15) is 24.0 Å². The zero-order valence-corrected chi connectivity index (χ0v) is 42.2. The molecule has 0 unspecified atom stereocenters. The standard InChI is InChI=1S/C52H67FN8O7S.2H2/c1-11-34(18-17-32(5)53)43-28-67-24-23-60(43)51(65)58(9)46(31(3)4)48(62)56-40-26-44-55-41(29-69-44)35-19-20-42-37(25-35)38(47(59(42)12-2)36-15-13-21-54-45(36)33(6)66-10)27-52(7,8)30-68-50(64)39-16-14-22-61(57-39)49(40)63;;/h11,13,15,17-21,25,29,31,33,39-40,43,46,57H,5,12,14,16,22-24,26-28,30H2,1-4,6-10H3,(H,56,62);2*1H/b18-17-,34-11+;;/t33-,39-,40-,43+,46-;;/m0../s1. The fourth-order valence-electron chi connectivity index (χ4n) is 9.76. The molecule has 17 heteroatoms. The number of rotatable bonds is 11. The molecular formula is C52H71FN8O7S. The van der Waals surface area contributed by atoms with Gasteiger partial charge in [0.15, 0.2) is 0 Å². The number of aryl methyl sites for hydroxylation is 1. The molecule has 3 aliphatic heterocycles. The highest BCUT2D eigenvalue weighted by Crippen LogP contribution is 2.42. The van der Waals surface area contributed by atoms with Crippen molar-refractivity contribution >= 4 is 46.1 Å². The molecule has 15 nitrogen and oxygen atoms in total. The normalized spacial score (nSPS) is 21.3. The number of hydrogen-bond acceptors (Lipinski definition) is 11. The monoisotopic (exact) mass is 971 g/mol. The van der Waals surface area contributed by atoms with Crippen molar-refractivity contribution in [1.29, 1.82) is 0 Å². The number of morpholine rings is 1. The van der Waals surface area contributed by atoms with E-state index in [9.17, 15) is 23.6 Å². The molecule has 0 saturated carbocycles. The highest BCUT2D eigenvalue weighted by atomic mass is 32.1. The van der Waals surface area contributed by atoms with Gasteiger partial charge in [-0.3, -0.25) is 24.4 Å². The highest BCUT2D eigenvalue weighted by molar-refractivity contribution is 7.10. The van der Waals surface area contributed by atoms with Crippen LogP contribution in [0, 0.1) is 11.3 Å². The Morgan fingerprint density at radius 3 is 2.68 bits per heavy atom. The minimum Gasteiger partial charge on any atom is -0.464 e. The zero-order valence-electron chi connectivity index (χ0n) is 41.3. The van der Waals surface area contributed by atoms with E-state index in [1.165, 1.54) is 27.3 Å². The third-order valence-electron chi connectivity index (χ3n) is 13.3. The number of fused-ring (bicyclic) bond motifs is 6. The topological polar surface area (TPSA) is 160 Å². The second-order valence-electron chi connectivity index (χ2n) is 19.2. The first-order chi connectivity index (χ1) is 33.0. The molecule has 4 aromatic rings. The van der Waals surface area contributed by atoms with Crippen molar-refractivity contribution in [1.82, 2.24) is 40.1 Å². The lowest BCUT2D eigenvalue weighted by atomic mass is 9.84. The Labute approximate surface area is 411 Å². The van der Waals surface area contributed by atoms with E-state index in [0.29, 0.717) is 42.9 Å². The first-order valence-corrected chi connectivity index (χ1v) is 24.8. The predicted octanol–water partition coefficient (Wildman–Crippen LogP) is 8.46. The summed E-state index contributed by atoms with van der Waals surface area (Å²) in [4.78, 5) is 70.7. The summed E-state index contributed by atoms with van der Waals surface area (Å²) >= 11 is 1.39. The van der Waals surface area contributed by atoms with E-state index < -0.39 is 59.2 Å². The predicted molar refractivity (Wildman–Crippen MR) is 270 cm³/mol. The maximum atomic E-state index is 14.7. The van der Waals surface area contributed by atoms with Gasteiger partial charge < -0.3 is 33.9 Å². The van der Waals surface area contributed by atoms with Gasteiger partial charge in [-0.1, -0.05) is 52.5 Å². The summed E-state index contributed by atoms with van der Waals surface area (Å²) in [5.74, 6) is -2.44. The van der Waals surface area contributed by atoms with E-state index in [-0.39, 0.29) is 47.7 Å². The molecule has 3 aromatic heterocycles. The number of pyridine rings is 1. The number of cyclic esters (lactones) is 1. The summed E-state index contributed by atoms with van der Waals surface area (Å²) in [5.41, 5.74) is 9.84. The van der Waals surface area contributed by atoms with Crippen LogP contribution in [-0.4, -0.2) is 124 Å². The molecule has 6 bridgehead atoms. The summed E-state index contributed by atoms with van der Waals surface area (Å²) in [6.45, 7) is 18.9. The van der Waals surface area contributed by atoms with Crippen LogP contribution in [0.15, 0.2) is 78.1 Å². The van der Waals surface area contributed by atoms with Gasteiger partial charge in [-0.25, -0.2) is 19.6 Å². The Bertz CT molecular complexity index is 2630. The molecule has 4 amide bonds. The van der Waals surface area contributed by atoms with Gasteiger partial charge in [0, 0.05) is 82.1 Å². The average molecular weight is 971 g/mol. The molecule has 2 fully saturated rings. The van der Waals surface area contributed by atoms with Crippen LogP contribution in [-0.2, 0) is 48.0 Å². The number of allylic oxidation sites excluding steroid dienone is 3. The third kappa shape index (κ3) is 11.2. The number of halogens is 1. The molecule has 69 heavy (non-hydrogen) atoms. The van der Waals surface area contributed by atoms with Crippen LogP contribution in [0.5, 0.6) is 0 Å². The molecule has 7 rings (SSSR count). The molecule has 5 atom stereocenters. The Morgan fingerprint density at radius 1 is 1.19 bits per heavy atom. The van der Waals surface area contributed by atoms with E-state index in [4.69, 9.17) is 24.2 Å². The number of esters is 1. The fourth-order valence-corrected chi connectivity index (χ4v) is 10.6. The third-order valence-corrected chi connectivity index (χ3v) is 14.2. The number of carbonyl (C=O) groups excluding carboxylic acids is 4. The molecule has 2 saturated heterocycles. The first-order valence-electron chi connectivity index (χ1n) is 23.9. The van der Waals surface area contributed by atoms with E-state index >= 15 is 0 Å². The molecule has 0 radical (unpaired) electrons. The number of urea groups is 1. The van der Waals surface area contributed by atoms with Crippen LogP contribution in [0.1, 0.15) is 86.5 Å². The molecule has 374 valence electrons. The number of methoxy groups -OCH3 is 1. The maximum Gasteiger partial charge on any atom is 0.324 e. The molecule has 2 N–H and O–H groups in total. The Balaban J connectivity index is 0.00000469. The fraction of sp³-hybridized carbons (Fsp3) is 0.500. The number of likely N-dealkylation sites (N-methyl/N-ethyl adjacent to an activating group) is 1. The van der Waals surface area contributed by atoms with Crippen LogP contribution in [0.2, 0.25) is 0 Å². The second kappa shape index (κ2) is 21.9. The number of amides is 4. The van der Waals surface area contributed by atoms with Gasteiger partial charge >= 0.3 is 12.0 Å². The molecule has 0 aliphatic carbocycles. The van der Waals surface area contributed by atoms with Crippen LogP contribution in [0.25, 0.3) is 33.4 Å². The quantitative estimate of drug-likeness (QED) is 0.110. The lowest BCUT2D eigenvalue weighted by molar-refractivity contribution is -0.155. The van der Waals surface area contributed by atoms with Crippen molar-refractivity contribution in [2.45, 2.75) is 111 Å². The highest BCUT2D eigenvalue weighted by Gasteiger charge is 2.40. The minimum absolute atomic E-state index is 0. The smallest absolute Gasteiger partial charge is 0.324 e. The number of hydrogen-bond donors (Lipinski definition) is 2. The largest absolute Gasteiger partial charge is 0.464 e. The van der Waals surface area contributed by atoms with Crippen LogP contribution >= 0.6 is 11.3 Å². The number of nitrogens with zero attached hydrogens (tertiary/aromatic N) is 6. The Hall–Kier alpha value is -5.75. The molecule has 3 aliphatic rings. The number of aromatic nitrogens is 3. The van der Waals surface area contributed by atoms with Gasteiger partial charge in [0.25, 0.3) is 5.91 Å². The second-order valence-corrected chi connectivity index (χ2v) is 20.1. The number of carbonyl (C=O) groups is 4. The average Bonchev–Trinajstić information content (AvgIpc) is 3.93. The van der Waals surface area contributed by atoms with Gasteiger partial charge in [-0.15, -0.1) is 11.3 Å². The van der Waals surface area contributed by atoms with Gasteiger partial charge in [-0.2, -0.15) is 0 Å². The van der Waals surface area contributed by atoms with Crippen molar-refractivity contribution < 1.29 is 40.6 Å². The molecule has 1 aromatic carbocycles. The number of hydrazine groups is 1. The lowest BCUT2D eigenvalue weighted by Gasteiger charge is -2.41. The zero-order chi connectivity index (χ0) is 49.7. The van der Waals surface area contributed by atoms with E-state index in [0.717, 1.165) is 44.7 Å². The number of thiazole rings is 1. The Kier molecular flexibility index (Phi) is 16.2. The van der Waals surface area contributed by atoms with E-state index in [1.54, 1.807) is 44.3 Å². The number of benzene rings is 1. The van der Waals surface area contributed by atoms with Crippen LogP contribution in [0.3, 0.4) is 0 Å². The summed E-state index contributed by atoms with van der Waals surface area (Å²) in [7, 11) is 3.26. The lowest BCUT2D eigenvalue weighted by Crippen LogP contribution is -2.63. The minimum atomic E-state index is -1.12.